The molecule has 1 aromatic carbocycles. The minimum Gasteiger partial charge on any atom is -0.493 e. The van der Waals surface area contributed by atoms with Crippen molar-refractivity contribution < 1.29 is 23.7 Å². The zero-order chi connectivity index (χ0) is 26.5. The van der Waals surface area contributed by atoms with Gasteiger partial charge in [0, 0.05) is 38.2 Å². The zero-order valence-electron chi connectivity index (χ0n) is 21.9. The SMILES string of the molecule is CCn1c(C2CCN(C(=O)c3cc(-c4cc(OC)c(OC)c(OC)c4)n[nH]3)CC2)nn(CCOC)c1=O. The first kappa shape index (κ1) is 26.3. The van der Waals surface area contributed by atoms with Crippen molar-refractivity contribution in [2.45, 2.75) is 38.8 Å². The van der Waals surface area contributed by atoms with Gasteiger partial charge in [-0.15, -0.1) is 0 Å². The van der Waals surface area contributed by atoms with E-state index in [1.165, 1.54) is 4.68 Å². The topological polar surface area (TPSA) is 126 Å². The fourth-order valence-electron chi connectivity index (χ4n) is 4.70. The number of aromatic nitrogens is 5. The molecule has 37 heavy (non-hydrogen) atoms. The van der Waals surface area contributed by atoms with Crippen molar-refractivity contribution in [3.05, 3.63) is 40.2 Å². The van der Waals surface area contributed by atoms with E-state index >= 15 is 0 Å². The van der Waals surface area contributed by atoms with E-state index in [-0.39, 0.29) is 17.5 Å². The lowest BCUT2D eigenvalue weighted by atomic mass is 9.95. The third-order valence-corrected chi connectivity index (χ3v) is 6.69. The molecule has 1 N–H and O–H groups in total. The molecule has 0 bridgehead atoms. The number of nitrogens with one attached hydrogen (secondary N) is 1. The van der Waals surface area contributed by atoms with Gasteiger partial charge in [-0.05, 0) is 38.0 Å². The predicted molar refractivity (Wildman–Crippen MR) is 136 cm³/mol. The molecule has 200 valence electrons. The highest BCUT2D eigenvalue weighted by Gasteiger charge is 2.29. The average Bonchev–Trinajstić information content (AvgIpc) is 3.55. The highest BCUT2D eigenvalue weighted by Crippen LogP contribution is 2.41. The van der Waals surface area contributed by atoms with E-state index in [9.17, 15) is 9.59 Å². The third-order valence-electron chi connectivity index (χ3n) is 6.69. The summed E-state index contributed by atoms with van der Waals surface area (Å²) in [6.07, 6.45) is 1.45. The van der Waals surface area contributed by atoms with Gasteiger partial charge in [0.25, 0.3) is 5.91 Å². The number of ether oxygens (including phenoxy) is 4. The molecule has 2 aromatic heterocycles. The van der Waals surface area contributed by atoms with Crippen LogP contribution in [0.3, 0.4) is 0 Å². The normalized spacial score (nSPS) is 14.1. The summed E-state index contributed by atoms with van der Waals surface area (Å²) < 4.78 is 24.5. The predicted octanol–water partition coefficient (Wildman–Crippen LogP) is 2.15. The Morgan fingerprint density at radius 2 is 1.73 bits per heavy atom. The Morgan fingerprint density at radius 3 is 2.30 bits per heavy atom. The van der Waals surface area contributed by atoms with Crippen LogP contribution in [0.1, 0.15) is 42.0 Å². The molecule has 0 saturated carbocycles. The Morgan fingerprint density at radius 1 is 1.05 bits per heavy atom. The Kier molecular flexibility index (Phi) is 8.17. The number of carbonyl (C=O) groups excluding carboxylic acids is 1. The minimum atomic E-state index is -0.122. The Balaban J connectivity index is 1.47. The second kappa shape index (κ2) is 11.5. The molecule has 12 heteroatoms. The van der Waals surface area contributed by atoms with Crippen molar-refractivity contribution in [3.8, 4) is 28.5 Å². The molecular formula is C25H34N6O6. The standard InChI is InChI=1S/C25H34N6O6/c1-6-30-23(28-31(25(30)33)11-12-34-2)16-7-9-29(10-8-16)24(32)19-15-18(26-27-19)17-13-20(35-3)22(37-5)21(14-17)36-4/h13-16H,6-12H2,1-5H3,(H,26,27). The largest absolute Gasteiger partial charge is 0.493 e. The number of likely N-dealkylation sites (tertiary alicyclic amines) is 1. The van der Waals surface area contributed by atoms with Crippen LogP contribution in [0, 0.1) is 0 Å². The van der Waals surface area contributed by atoms with Crippen LogP contribution in [0.25, 0.3) is 11.3 Å². The number of hydrogen-bond acceptors (Lipinski definition) is 8. The molecule has 0 aliphatic carbocycles. The fourth-order valence-corrected chi connectivity index (χ4v) is 4.70. The first-order valence-electron chi connectivity index (χ1n) is 12.3. The lowest BCUT2D eigenvalue weighted by Gasteiger charge is -2.31. The summed E-state index contributed by atoms with van der Waals surface area (Å²) in [7, 11) is 6.24. The Labute approximate surface area is 215 Å². The van der Waals surface area contributed by atoms with Crippen molar-refractivity contribution >= 4 is 5.91 Å². The summed E-state index contributed by atoms with van der Waals surface area (Å²) >= 11 is 0. The molecule has 1 amide bonds. The highest BCUT2D eigenvalue weighted by molar-refractivity contribution is 5.93. The number of aromatic amines is 1. The van der Waals surface area contributed by atoms with Gasteiger partial charge in [-0.2, -0.15) is 10.2 Å². The van der Waals surface area contributed by atoms with Crippen LogP contribution in [0.2, 0.25) is 0 Å². The summed E-state index contributed by atoms with van der Waals surface area (Å²) in [6.45, 7) is 4.46. The smallest absolute Gasteiger partial charge is 0.345 e. The van der Waals surface area contributed by atoms with E-state index in [0.717, 1.165) is 24.2 Å². The fraction of sp³-hybridized carbons (Fsp3) is 0.520. The second-order valence-electron chi connectivity index (χ2n) is 8.75. The van der Waals surface area contributed by atoms with Gasteiger partial charge in [0.15, 0.2) is 11.5 Å². The number of nitrogens with zero attached hydrogens (tertiary/aromatic N) is 5. The molecule has 3 aromatic rings. The Hall–Kier alpha value is -3.80. The maximum absolute atomic E-state index is 13.2. The Bertz CT molecular complexity index is 1260. The van der Waals surface area contributed by atoms with Gasteiger partial charge in [0.1, 0.15) is 11.5 Å². The van der Waals surface area contributed by atoms with Crippen LogP contribution in [0.5, 0.6) is 17.2 Å². The van der Waals surface area contributed by atoms with Crippen LogP contribution in [0.15, 0.2) is 23.0 Å². The number of carbonyl (C=O) groups is 1. The minimum absolute atomic E-state index is 0.108. The van der Waals surface area contributed by atoms with Crippen molar-refractivity contribution in [1.82, 2.24) is 29.4 Å². The van der Waals surface area contributed by atoms with Crippen LogP contribution >= 0.6 is 0 Å². The molecule has 0 radical (unpaired) electrons. The van der Waals surface area contributed by atoms with E-state index < -0.39 is 0 Å². The van der Waals surface area contributed by atoms with Gasteiger partial charge < -0.3 is 23.8 Å². The van der Waals surface area contributed by atoms with E-state index in [0.29, 0.717) is 61.4 Å². The molecule has 0 atom stereocenters. The first-order valence-corrected chi connectivity index (χ1v) is 12.3. The van der Waals surface area contributed by atoms with E-state index in [2.05, 4.69) is 15.3 Å². The lowest BCUT2D eigenvalue weighted by Crippen LogP contribution is -2.38. The van der Waals surface area contributed by atoms with Gasteiger partial charge in [-0.3, -0.25) is 14.5 Å². The monoisotopic (exact) mass is 514 g/mol. The number of amides is 1. The van der Waals surface area contributed by atoms with E-state index in [1.807, 2.05) is 6.92 Å². The molecule has 1 aliphatic heterocycles. The first-order chi connectivity index (χ1) is 17.9. The molecule has 0 spiro atoms. The van der Waals surface area contributed by atoms with Gasteiger partial charge >= 0.3 is 5.69 Å². The van der Waals surface area contributed by atoms with Gasteiger partial charge in [0.05, 0.1) is 40.2 Å². The molecule has 3 heterocycles. The van der Waals surface area contributed by atoms with Crippen LogP contribution in [0.4, 0.5) is 0 Å². The van der Waals surface area contributed by atoms with Crippen molar-refractivity contribution in [1.29, 1.82) is 0 Å². The number of methoxy groups -OCH3 is 4. The molecule has 4 rings (SSSR count). The molecule has 1 saturated heterocycles. The van der Waals surface area contributed by atoms with Gasteiger partial charge in [0.2, 0.25) is 5.75 Å². The molecule has 1 fully saturated rings. The van der Waals surface area contributed by atoms with Crippen molar-refractivity contribution in [3.63, 3.8) is 0 Å². The number of H-pyrrole nitrogens is 1. The van der Waals surface area contributed by atoms with Crippen molar-refractivity contribution in [2.75, 3.05) is 48.1 Å². The summed E-state index contributed by atoms with van der Waals surface area (Å²) in [5, 5.41) is 11.8. The van der Waals surface area contributed by atoms with Gasteiger partial charge in [-0.25, -0.2) is 9.48 Å². The summed E-state index contributed by atoms with van der Waals surface area (Å²) in [6, 6.07) is 5.30. The van der Waals surface area contributed by atoms with Crippen LogP contribution in [-0.2, 0) is 17.8 Å². The second-order valence-corrected chi connectivity index (χ2v) is 8.75. The maximum Gasteiger partial charge on any atom is 0.345 e. The molecule has 0 unspecified atom stereocenters. The maximum atomic E-state index is 13.2. The van der Waals surface area contributed by atoms with E-state index in [1.54, 1.807) is 56.1 Å². The lowest BCUT2D eigenvalue weighted by molar-refractivity contribution is 0.0704. The summed E-state index contributed by atoms with van der Waals surface area (Å²) in [5.41, 5.74) is 1.59. The number of hydrogen-bond donors (Lipinski definition) is 1. The van der Waals surface area contributed by atoms with Crippen molar-refractivity contribution in [2.24, 2.45) is 0 Å². The molecule has 12 nitrogen and oxygen atoms in total. The summed E-state index contributed by atoms with van der Waals surface area (Å²) in [5.74, 6) is 2.26. The number of piperidine rings is 1. The number of benzene rings is 1. The van der Waals surface area contributed by atoms with Crippen LogP contribution in [-0.4, -0.2) is 83.5 Å². The van der Waals surface area contributed by atoms with Crippen LogP contribution < -0.4 is 19.9 Å². The summed E-state index contributed by atoms with van der Waals surface area (Å²) in [4.78, 5) is 27.7. The number of rotatable bonds is 10. The van der Waals surface area contributed by atoms with E-state index in [4.69, 9.17) is 18.9 Å². The average molecular weight is 515 g/mol. The third kappa shape index (κ3) is 5.19. The van der Waals surface area contributed by atoms with Gasteiger partial charge in [-0.1, -0.05) is 0 Å². The zero-order valence-corrected chi connectivity index (χ0v) is 21.9. The molecule has 1 aliphatic rings. The quantitative estimate of drug-likeness (QED) is 0.436. The molecular weight excluding hydrogens is 480 g/mol. The highest BCUT2D eigenvalue weighted by atomic mass is 16.5.